The molecule has 0 fully saturated rings. The van der Waals surface area contributed by atoms with Gasteiger partial charge in [-0.3, -0.25) is 10.2 Å². The number of carbonyl (C=O) groups is 1. The first kappa shape index (κ1) is 15.4. The van der Waals surface area contributed by atoms with Crippen molar-refractivity contribution in [3.63, 3.8) is 0 Å². The number of hydrogen-bond donors (Lipinski definition) is 3. The van der Waals surface area contributed by atoms with Crippen LogP contribution in [-0.4, -0.2) is 18.0 Å². The van der Waals surface area contributed by atoms with Crippen LogP contribution in [0.25, 0.3) is 21.2 Å². The summed E-state index contributed by atoms with van der Waals surface area (Å²) >= 11 is 1.37. The van der Waals surface area contributed by atoms with Crippen LogP contribution in [0.4, 0.5) is 10.8 Å². The Balaban J connectivity index is 1.68. The Kier molecular flexibility index (Phi) is 3.75. The highest BCUT2D eigenvalue weighted by Gasteiger charge is 2.15. The summed E-state index contributed by atoms with van der Waals surface area (Å²) in [6.45, 7) is 0. The average Bonchev–Trinajstić information content (AvgIpc) is 3.24. The van der Waals surface area contributed by atoms with Gasteiger partial charge in [-0.05, 0) is 18.2 Å². The molecule has 4 rings (SSSR count). The molecule has 0 atom stereocenters. The van der Waals surface area contributed by atoms with E-state index in [1.165, 1.54) is 11.3 Å². The van der Waals surface area contributed by atoms with Crippen molar-refractivity contribution in [1.29, 1.82) is 0 Å². The average molecular weight is 354 g/mol. The van der Waals surface area contributed by atoms with E-state index < -0.39 is 0 Å². The number of nitrogens with zero attached hydrogens (tertiary/aromatic N) is 1. The quantitative estimate of drug-likeness (QED) is 0.382. The summed E-state index contributed by atoms with van der Waals surface area (Å²) in [4.78, 5) is 16.8. The maximum atomic E-state index is 12.5. The Labute approximate surface area is 146 Å². The number of fused-ring (bicyclic) bond motifs is 2. The van der Waals surface area contributed by atoms with Gasteiger partial charge in [-0.25, -0.2) is 10.8 Å². The fourth-order valence-corrected chi connectivity index (χ4v) is 3.41. The Morgan fingerprint density at radius 2 is 2.12 bits per heavy atom. The van der Waals surface area contributed by atoms with Gasteiger partial charge in [0.1, 0.15) is 16.8 Å². The van der Waals surface area contributed by atoms with E-state index in [9.17, 15) is 4.79 Å². The monoisotopic (exact) mass is 354 g/mol. The number of carbonyl (C=O) groups excluding carboxylic acids is 1. The molecule has 0 aliphatic carbocycles. The number of ether oxygens (including phenoxy) is 1. The maximum Gasteiger partial charge on any atom is 0.291 e. The number of hydrogen-bond acceptors (Lipinski definition) is 7. The van der Waals surface area contributed by atoms with E-state index in [-0.39, 0.29) is 11.7 Å². The third-order valence-corrected chi connectivity index (χ3v) is 4.64. The summed E-state index contributed by atoms with van der Waals surface area (Å²) in [5.74, 6) is 5.87. The maximum absolute atomic E-state index is 12.5. The van der Waals surface area contributed by atoms with Gasteiger partial charge < -0.3 is 14.5 Å². The summed E-state index contributed by atoms with van der Waals surface area (Å²) in [5.41, 5.74) is 4.45. The van der Waals surface area contributed by atoms with Gasteiger partial charge in [-0.1, -0.05) is 29.5 Å². The molecule has 0 radical (unpaired) electrons. The van der Waals surface area contributed by atoms with Gasteiger partial charge in [0, 0.05) is 17.1 Å². The van der Waals surface area contributed by atoms with Crippen molar-refractivity contribution in [3.05, 3.63) is 48.2 Å². The van der Waals surface area contributed by atoms with Crippen LogP contribution in [0.5, 0.6) is 5.75 Å². The van der Waals surface area contributed by atoms with Crippen LogP contribution in [0.1, 0.15) is 10.6 Å². The highest BCUT2D eigenvalue weighted by atomic mass is 32.1. The highest BCUT2D eigenvalue weighted by Crippen LogP contribution is 2.35. The third kappa shape index (κ3) is 2.77. The first-order valence-electron chi connectivity index (χ1n) is 7.43. The molecule has 4 aromatic rings. The van der Waals surface area contributed by atoms with Gasteiger partial charge in [-0.15, -0.1) is 0 Å². The number of furan rings is 1. The Morgan fingerprint density at radius 1 is 1.28 bits per heavy atom. The topological polar surface area (TPSA) is 102 Å². The number of amides is 1. The molecule has 126 valence electrons. The summed E-state index contributed by atoms with van der Waals surface area (Å²) in [5, 5.41) is 4.27. The van der Waals surface area contributed by atoms with Crippen molar-refractivity contribution in [1.82, 2.24) is 4.98 Å². The highest BCUT2D eigenvalue weighted by molar-refractivity contribution is 7.22. The predicted octanol–water partition coefficient (Wildman–Crippen LogP) is 3.59. The number of nitrogen functional groups attached to an aromatic ring is 1. The van der Waals surface area contributed by atoms with E-state index in [1.54, 1.807) is 19.2 Å². The summed E-state index contributed by atoms with van der Waals surface area (Å²) in [7, 11) is 1.55. The summed E-state index contributed by atoms with van der Waals surface area (Å²) in [6, 6.07) is 12.7. The number of nitrogens with one attached hydrogen (secondary N) is 2. The Bertz CT molecular complexity index is 1050. The smallest absolute Gasteiger partial charge is 0.291 e. The zero-order valence-corrected chi connectivity index (χ0v) is 14.0. The number of thiazole rings is 1. The normalized spacial score (nSPS) is 11.0. The van der Waals surface area contributed by atoms with Gasteiger partial charge in [0.25, 0.3) is 5.91 Å². The van der Waals surface area contributed by atoms with Gasteiger partial charge >= 0.3 is 0 Å². The molecule has 25 heavy (non-hydrogen) atoms. The molecule has 0 unspecified atom stereocenters. The summed E-state index contributed by atoms with van der Waals surface area (Å²) < 4.78 is 11.8. The lowest BCUT2D eigenvalue weighted by Crippen LogP contribution is -2.10. The molecule has 7 nitrogen and oxygen atoms in total. The number of benzene rings is 2. The van der Waals surface area contributed by atoms with E-state index in [1.807, 2.05) is 30.3 Å². The molecule has 0 saturated carbocycles. The van der Waals surface area contributed by atoms with Crippen molar-refractivity contribution in [2.75, 3.05) is 17.9 Å². The fourth-order valence-electron chi connectivity index (χ4n) is 2.57. The van der Waals surface area contributed by atoms with Gasteiger partial charge in [0.15, 0.2) is 10.9 Å². The first-order chi connectivity index (χ1) is 12.2. The van der Waals surface area contributed by atoms with Crippen molar-refractivity contribution in [2.24, 2.45) is 5.84 Å². The second-order valence-corrected chi connectivity index (χ2v) is 6.32. The van der Waals surface area contributed by atoms with Crippen molar-refractivity contribution in [2.45, 2.75) is 0 Å². The molecule has 0 bridgehead atoms. The van der Waals surface area contributed by atoms with Gasteiger partial charge in [0.05, 0.1) is 11.8 Å². The minimum atomic E-state index is -0.334. The van der Waals surface area contributed by atoms with Gasteiger partial charge in [-0.2, -0.15) is 0 Å². The van der Waals surface area contributed by atoms with Crippen LogP contribution >= 0.6 is 11.3 Å². The molecule has 2 aromatic heterocycles. The molecular formula is C17H14N4O3S. The van der Waals surface area contributed by atoms with E-state index in [0.717, 1.165) is 10.1 Å². The zero-order chi connectivity index (χ0) is 17.4. The number of hydrazine groups is 1. The van der Waals surface area contributed by atoms with Crippen LogP contribution in [0.15, 0.2) is 46.9 Å². The second kappa shape index (κ2) is 6.08. The number of anilines is 2. The van der Waals surface area contributed by atoms with Crippen LogP contribution in [0.2, 0.25) is 0 Å². The molecule has 4 N–H and O–H groups in total. The molecule has 8 heteroatoms. The zero-order valence-electron chi connectivity index (χ0n) is 13.2. The molecule has 0 aliphatic heterocycles. The number of aromatic nitrogens is 1. The van der Waals surface area contributed by atoms with Gasteiger partial charge in [0.2, 0.25) is 0 Å². The van der Waals surface area contributed by atoms with E-state index in [0.29, 0.717) is 27.7 Å². The Hall–Kier alpha value is -3.10. The van der Waals surface area contributed by atoms with Crippen LogP contribution in [0, 0.1) is 0 Å². The lowest BCUT2D eigenvalue weighted by molar-refractivity contribution is 0.0998. The van der Waals surface area contributed by atoms with Crippen LogP contribution in [0.3, 0.4) is 0 Å². The number of methoxy groups -OCH3 is 1. The molecule has 0 spiro atoms. The van der Waals surface area contributed by atoms with Crippen molar-refractivity contribution >= 4 is 49.2 Å². The largest absolute Gasteiger partial charge is 0.494 e. The standard InChI is InChI=1S/C17H14N4O3S/c1-23-12-7-10(8-14-15(12)20-17(21-18)25-14)19-16(22)13-6-9-4-2-3-5-11(9)24-13/h2-8H,18H2,1H3,(H,19,22)(H,20,21). The fraction of sp³-hybridized carbons (Fsp3) is 0.0588. The molecule has 2 heterocycles. The SMILES string of the molecule is COc1cc(NC(=O)c2cc3ccccc3o2)cc2sc(NN)nc12. The van der Waals surface area contributed by atoms with Crippen LogP contribution < -0.4 is 21.3 Å². The summed E-state index contributed by atoms with van der Waals surface area (Å²) in [6.07, 6.45) is 0. The van der Waals surface area contributed by atoms with E-state index in [2.05, 4.69) is 15.7 Å². The molecule has 0 aliphatic rings. The molecule has 1 amide bonds. The van der Waals surface area contributed by atoms with Crippen molar-refractivity contribution < 1.29 is 13.9 Å². The lowest BCUT2D eigenvalue weighted by atomic mass is 10.2. The molecule has 0 saturated heterocycles. The lowest BCUT2D eigenvalue weighted by Gasteiger charge is -2.06. The number of nitrogens with two attached hydrogens (primary N) is 1. The molecular weight excluding hydrogens is 340 g/mol. The van der Waals surface area contributed by atoms with E-state index >= 15 is 0 Å². The minimum absolute atomic E-state index is 0.244. The Morgan fingerprint density at radius 3 is 2.88 bits per heavy atom. The first-order valence-corrected chi connectivity index (χ1v) is 8.24. The van der Waals surface area contributed by atoms with Crippen LogP contribution in [-0.2, 0) is 0 Å². The number of para-hydroxylation sites is 1. The minimum Gasteiger partial charge on any atom is -0.494 e. The van der Waals surface area contributed by atoms with Crippen molar-refractivity contribution in [3.8, 4) is 5.75 Å². The number of rotatable bonds is 4. The van der Waals surface area contributed by atoms with E-state index in [4.69, 9.17) is 15.0 Å². The predicted molar refractivity (Wildman–Crippen MR) is 98.1 cm³/mol. The third-order valence-electron chi connectivity index (χ3n) is 3.71. The second-order valence-electron chi connectivity index (χ2n) is 5.29. The molecule has 2 aromatic carbocycles.